The quantitative estimate of drug-likeness (QED) is 0.393. The standard InChI is InChI=1S/C18H19BrN2O6S/c19-12-3-4-15(23)16(9-12)28(26,27)21-14-8-11(10-1-2-10)7-13(17(14)24)18(25)20-5-6-22/h3-4,7-10,21-24H,1-2,5-6H2,(H,20,25). The molecule has 0 unspecified atom stereocenters. The summed E-state index contributed by atoms with van der Waals surface area (Å²) >= 11 is 3.16. The Hall–Kier alpha value is -2.30. The lowest BCUT2D eigenvalue weighted by molar-refractivity contribution is 0.0942. The summed E-state index contributed by atoms with van der Waals surface area (Å²) in [4.78, 5) is 11.9. The highest BCUT2D eigenvalue weighted by Gasteiger charge is 2.29. The first-order chi connectivity index (χ1) is 13.2. The lowest BCUT2D eigenvalue weighted by Gasteiger charge is -2.15. The summed E-state index contributed by atoms with van der Waals surface area (Å²) < 4.78 is 28.2. The second-order valence-corrected chi connectivity index (χ2v) is 9.00. The molecule has 0 heterocycles. The molecule has 0 aromatic heterocycles. The van der Waals surface area contributed by atoms with E-state index in [2.05, 4.69) is 26.0 Å². The Balaban J connectivity index is 2.02. The molecule has 0 bridgehead atoms. The Morgan fingerprint density at radius 1 is 1.18 bits per heavy atom. The average molecular weight is 471 g/mol. The molecule has 1 amide bonds. The van der Waals surface area contributed by atoms with Crippen LogP contribution in [0.3, 0.4) is 0 Å². The Kier molecular flexibility index (Phi) is 5.82. The van der Waals surface area contributed by atoms with Gasteiger partial charge in [0.1, 0.15) is 10.6 Å². The highest BCUT2D eigenvalue weighted by atomic mass is 79.9. The maximum absolute atomic E-state index is 12.7. The largest absolute Gasteiger partial charge is 0.507 e. The number of halogens is 1. The zero-order chi connectivity index (χ0) is 20.5. The molecular weight excluding hydrogens is 452 g/mol. The highest BCUT2D eigenvalue weighted by molar-refractivity contribution is 9.10. The van der Waals surface area contributed by atoms with E-state index in [1.165, 1.54) is 30.3 Å². The molecule has 0 aliphatic heterocycles. The Bertz CT molecular complexity index is 1020. The lowest BCUT2D eigenvalue weighted by Crippen LogP contribution is -2.26. The molecule has 150 valence electrons. The molecule has 0 saturated heterocycles. The van der Waals surface area contributed by atoms with Gasteiger partial charge in [-0.05, 0) is 54.7 Å². The van der Waals surface area contributed by atoms with Gasteiger partial charge in [-0.25, -0.2) is 8.42 Å². The molecule has 0 radical (unpaired) electrons. The molecule has 8 nitrogen and oxygen atoms in total. The third kappa shape index (κ3) is 4.40. The van der Waals surface area contributed by atoms with Crippen LogP contribution >= 0.6 is 15.9 Å². The number of carbonyl (C=O) groups excluding carboxylic acids is 1. The number of hydrogen-bond acceptors (Lipinski definition) is 6. The van der Waals surface area contributed by atoms with Crippen LogP contribution in [0.25, 0.3) is 0 Å². The van der Waals surface area contributed by atoms with E-state index in [0.717, 1.165) is 18.4 Å². The van der Waals surface area contributed by atoms with Crippen molar-refractivity contribution in [1.29, 1.82) is 0 Å². The van der Waals surface area contributed by atoms with E-state index in [0.29, 0.717) is 4.47 Å². The lowest BCUT2D eigenvalue weighted by atomic mass is 10.0. The minimum absolute atomic E-state index is 0.00109. The van der Waals surface area contributed by atoms with Crippen LogP contribution < -0.4 is 10.0 Å². The van der Waals surface area contributed by atoms with Crippen molar-refractivity contribution >= 4 is 37.5 Å². The zero-order valence-electron chi connectivity index (χ0n) is 14.6. The first kappa shape index (κ1) is 20.4. The van der Waals surface area contributed by atoms with E-state index in [9.17, 15) is 23.4 Å². The number of aromatic hydroxyl groups is 2. The predicted octanol–water partition coefficient (Wildman–Crippen LogP) is 2.26. The number of aliphatic hydroxyl groups excluding tert-OH is 1. The van der Waals surface area contributed by atoms with Crippen molar-refractivity contribution in [2.75, 3.05) is 17.9 Å². The molecule has 10 heteroatoms. The fourth-order valence-corrected chi connectivity index (χ4v) is 4.42. The Morgan fingerprint density at radius 3 is 2.54 bits per heavy atom. The minimum atomic E-state index is -4.23. The second kappa shape index (κ2) is 7.98. The van der Waals surface area contributed by atoms with Crippen LogP contribution in [-0.4, -0.2) is 42.8 Å². The van der Waals surface area contributed by atoms with Crippen LogP contribution in [0.2, 0.25) is 0 Å². The summed E-state index contributed by atoms with van der Waals surface area (Å²) in [5.41, 5.74) is 0.482. The number of hydrogen-bond donors (Lipinski definition) is 5. The minimum Gasteiger partial charge on any atom is -0.507 e. The summed E-state index contributed by atoms with van der Waals surface area (Å²) in [6.45, 7) is -0.268. The number of phenolic OH excluding ortho intramolecular Hbond substituents is 2. The summed E-state index contributed by atoms with van der Waals surface area (Å²) in [5.74, 6) is -1.42. The molecule has 3 rings (SSSR count). The van der Waals surface area contributed by atoms with E-state index >= 15 is 0 Å². The van der Waals surface area contributed by atoms with Crippen LogP contribution in [0.15, 0.2) is 39.7 Å². The van der Waals surface area contributed by atoms with Crippen LogP contribution in [0.1, 0.15) is 34.7 Å². The zero-order valence-corrected chi connectivity index (χ0v) is 17.0. The van der Waals surface area contributed by atoms with Crippen molar-refractivity contribution in [2.24, 2.45) is 0 Å². The van der Waals surface area contributed by atoms with Crippen LogP contribution in [0.4, 0.5) is 5.69 Å². The van der Waals surface area contributed by atoms with E-state index in [1.807, 2.05) is 0 Å². The first-order valence-corrected chi connectivity index (χ1v) is 10.8. The van der Waals surface area contributed by atoms with Gasteiger partial charge in [-0.3, -0.25) is 9.52 Å². The fraction of sp³-hybridized carbons (Fsp3) is 0.278. The van der Waals surface area contributed by atoms with Crippen LogP contribution in [-0.2, 0) is 10.0 Å². The van der Waals surface area contributed by atoms with Gasteiger partial charge in [-0.15, -0.1) is 0 Å². The summed E-state index contributed by atoms with van der Waals surface area (Å²) in [5, 5.41) is 31.7. The van der Waals surface area contributed by atoms with Gasteiger partial charge in [0.2, 0.25) is 0 Å². The van der Waals surface area contributed by atoms with Gasteiger partial charge >= 0.3 is 0 Å². The Morgan fingerprint density at radius 2 is 1.89 bits per heavy atom. The SMILES string of the molecule is O=C(NCCO)c1cc(C2CC2)cc(NS(=O)(=O)c2cc(Br)ccc2O)c1O. The first-order valence-electron chi connectivity index (χ1n) is 8.50. The highest BCUT2D eigenvalue weighted by Crippen LogP contribution is 2.44. The molecular formula is C18H19BrN2O6S. The number of nitrogens with one attached hydrogen (secondary N) is 2. The molecule has 5 N–H and O–H groups in total. The van der Waals surface area contributed by atoms with Crippen molar-refractivity contribution in [2.45, 2.75) is 23.7 Å². The topological polar surface area (TPSA) is 136 Å². The smallest absolute Gasteiger partial charge is 0.265 e. The number of rotatable bonds is 7. The second-order valence-electron chi connectivity index (χ2n) is 6.44. The third-order valence-corrected chi connectivity index (χ3v) is 6.17. The molecule has 0 atom stereocenters. The van der Waals surface area contributed by atoms with E-state index in [4.69, 9.17) is 5.11 Å². The number of anilines is 1. The van der Waals surface area contributed by atoms with Crippen molar-refractivity contribution in [1.82, 2.24) is 5.32 Å². The fourth-order valence-electron chi connectivity index (χ4n) is 2.73. The predicted molar refractivity (Wildman–Crippen MR) is 106 cm³/mol. The van der Waals surface area contributed by atoms with Gasteiger partial charge < -0.3 is 20.6 Å². The average Bonchev–Trinajstić information content (AvgIpc) is 3.48. The summed E-state index contributed by atoms with van der Waals surface area (Å²) in [6.07, 6.45) is 1.81. The molecule has 2 aromatic carbocycles. The van der Waals surface area contributed by atoms with E-state index < -0.39 is 27.4 Å². The molecule has 0 spiro atoms. The van der Waals surface area contributed by atoms with Crippen molar-refractivity contribution in [3.05, 3.63) is 45.9 Å². The van der Waals surface area contributed by atoms with Gasteiger partial charge in [-0.1, -0.05) is 15.9 Å². The Labute approximate surface area is 170 Å². The van der Waals surface area contributed by atoms with Gasteiger partial charge in [0.15, 0.2) is 5.75 Å². The van der Waals surface area contributed by atoms with Gasteiger partial charge in [0, 0.05) is 11.0 Å². The van der Waals surface area contributed by atoms with Gasteiger partial charge in [-0.2, -0.15) is 0 Å². The van der Waals surface area contributed by atoms with Crippen molar-refractivity contribution in [3.8, 4) is 11.5 Å². The number of amides is 1. The molecule has 1 aliphatic carbocycles. The van der Waals surface area contributed by atoms with Crippen LogP contribution in [0.5, 0.6) is 11.5 Å². The van der Waals surface area contributed by atoms with Gasteiger partial charge in [0.05, 0.1) is 17.9 Å². The molecule has 2 aromatic rings. The number of sulfonamides is 1. The normalized spacial score (nSPS) is 13.9. The molecule has 1 aliphatic rings. The summed E-state index contributed by atoms with van der Waals surface area (Å²) in [7, 11) is -4.23. The summed E-state index contributed by atoms with van der Waals surface area (Å²) in [6, 6.07) is 6.96. The monoisotopic (exact) mass is 470 g/mol. The van der Waals surface area contributed by atoms with E-state index in [-0.39, 0.29) is 35.2 Å². The third-order valence-electron chi connectivity index (χ3n) is 4.28. The molecule has 1 fully saturated rings. The number of benzene rings is 2. The number of aliphatic hydroxyl groups is 1. The maximum Gasteiger partial charge on any atom is 0.265 e. The van der Waals surface area contributed by atoms with E-state index in [1.54, 1.807) is 0 Å². The number of phenols is 2. The maximum atomic E-state index is 12.7. The molecule has 28 heavy (non-hydrogen) atoms. The van der Waals surface area contributed by atoms with Crippen molar-refractivity contribution in [3.63, 3.8) is 0 Å². The van der Waals surface area contributed by atoms with Crippen molar-refractivity contribution < 1.29 is 28.5 Å². The number of carbonyl (C=O) groups is 1. The molecule has 1 saturated carbocycles. The van der Waals surface area contributed by atoms with Gasteiger partial charge in [0.25, 0.3) is 15.9 Å². The van der Waals surface area contributed by atoms with Crippen LogP contribution in [0, 0.1) is 0 Å².